The van der Waals surface area contributed by atoms with E-state index in [1.807, 2.05) is 0 Å². The molecule has 2 fully saturated rings. The van der Waals surface area contributed by atoms with E-state index in [0.29, 0.717) is 0 Å². The molecule has 2 saturated heterocycles. The number of nitrogens with zero attached hydrogens (tertiary/aromatic N) is 2. The van der Waals surface area contributed by atoms with Crippen LogP contribution in [0.15, 0.2) is 48.5 Å². The molecule has 2 heterocycles. The second kappa shape index (κ2) is 9.98. The Morgan fingerprint density at radius 1 is 0.825 bits per heavy atom. The van der Waals surface area contributed by atoms with Crippen LogP contribution in [0.2, 0.25) is 0 Å². The van der Waals surface area contributed by atoms with E-state index in [0.717, 1.165) is 58.3 Å². The second-order valence-corrected chi connectivity index (χ2v) is 9.12. The molecule has 0 saturated carbocycles. The predicted octanol–water partition coefficient (Wildman–Crippen LogP) is 3.87. The van der Waals surface area contributed by atoms with Crippen molar-refractivity contribution in [1.29, 1.82) is 0 Å². The molecule has 2 aliphatic heterocycles. The first-order chi connectivity index (χ1) is 18.4. The van der Waals surface area contributed by atoms with Crippen molar-refractivity contribution < 1.29 is 58.6 Å². The highest BCUT2D eigenvalue weighted by molar-refractivity contribution is 6.00. The Hall–Kier alpha value is -3.82. The Kier molecular flexibility index (Phi) is 7.28. The minimum absolute atomic E-state index is 0.0949. The van der Waals surface area contributed by atoms with Gasteiger partial charge >= 0.3 is 24.5 Å². The molecule has 2 amide bonds. The lowest BCUT2D eigenvalue weighted by atomic mass is 9.82. The van der Waals surface area contributed by atoms with E-state index >= 15 is 0 Å². The fourth-order valence-corrected chi connectivity index (χ4v) is 4.41. The number of hydrogen-bond acceptors (Lipinski definition) is 5. The zero-order valence-electron chi connectivity index (χ0n) is 20.0. The maximum Gasteiger partial charge on any atom is 0.490 e. The van der Waals surface area contributed by atoms with Crippen LogP contribution in [0.3, 0.4) is 0 Å². The highest BCUT2D eigenvalue weighted by Gasteiger charge is 2.65. The summed E-state index contributed by atoms with van der Waals surface area (Å²) in [6.45, 7) is -2.04. The fourth-order valence-electron chi connectivity index (χ4n) is 4.41. The molecule has 216 valence electrons. The highest BCUT2D eigenvalue weighted by Crippen LogP contribution is 2.38. The number of halogens is 9. The second-order valence-electron chi connectivity index (χ2n) is 9.12. The van der Waals surface area contributed by atoms with Crippen molar-refractivity contribution >= 4 is 17.8 Å². The van der Waals surface area contributed by atoms with Crippen LogP contribution in [-0.2, 0) is 44.6 Å². The lowest BCUT2D eigenvalue weighted by Crippen LogP contribution is -2.85. The number of alkyl halides is 9. The third kappa shape index (κ3) is 5.57. The highest BCUT2D eigenvalue weighted by atomic mass is 19.4. The Morgan fingerprint density at radius 2 is 1.30 bits per heavy atom. The topological polar surface area (TPSA) is 79.0 Å². The van der Waals surface area contributed by atoms with Gasteiger partial charge in [-0.1, -0.05) is 24.3 Å². The van der Waals surface area contributed by atoms with Gasteiger partial charge < -0.3 is 14.5 Å². The molecule has 0 bridgehead atoms. The molecule has 2 aliphatic rings. The SMILES string of the molecule is O=C1CN(Cc2ccc(C(F)(F)F)cc2)C(=O)C2(CNC2OC(=O)C(F)(F)F)N1Cc1ccc(C(F)(F)F)cc1. The molecular formula is C24H18F9N3O4. The van der Waals surface area contributed by atoms with Gasteiger partial charge in [-0.15, -0.1) is 0 Å². The number of piperazine rings is 1. The smallest absolute Gasteiger partial charge is 0.437 e. The summed E-state index contributed by atoms with van der Waals surface area (Å²) >= 11 is 0. The number of carbonyl (C=O) groups is 3. The van der Waals surface area contributed by atoms with Gasteiger partial charge in [-0.25, -0.2) is 4.79 Å². The number of amides is 2. The number of ether oxygens (including phenoxy) is 1. The zero-order valence-corrected chi connectivity index (χ0v) is 20.0. The molecule has 1 spiro atoms. The molecular weight excluding hydrogens is 565 g/mol. The van der Waals surface area contributed by atoms with Crippen LogP contribution < -0.4 is 5.32 Å². The van der Waals surface area contributed by atoms with Crippen LogP contribution in [0.1, 0.15) is 22.3 Å². The minimum atomic E-state index is -5.45. The Labute approximate surface area is 219 Å². The van der Waals surface area contributed by atoms with Gasteiger partial charge in [0, 0.05) is 19.6 Å². The van der Waals surface area contributed by atoms with E-state index in [4.69, 9.17) is 0 Å². The molecule has 2 unspecified atom stereocenters. The van der Waals surface area contributed by atoms with E-state index in [2.05, 4.69) is 10.1 Å². The summed E-state index contributed by atoms with van der Waals surface area (Å²) in [6, 6.07) is 7.08. The van der Waals surface area contributed by atoms with Crippen molar-refractivity contribution in [3.8, 4) is 0 Å². The van der Waals surface area contributed by atoms with E-state index in [1.165, 1.54) is 0 Å². The van der Waals surface area contributed by atoms with Crippen LogP contribution in [-0.4, -0.2) is 58.6 Å². The van der Waals surface area contributed by atoms with Crippen LogP contribution in [0, 0.1) is 0 Å². The Bertz CT molecular complexity index is 1290. The summed E-state index contributed by atoms with van der Waals surface area (Å²) in [5, 5.41) is 2.36. The van der Waals surface area contributed by atoms with Gasteiger partial charge in [-0.3, -0.25) is 14.9 Å². The van der Waals surface area contributed by atoms with E-state index in [9.17, 15) is 53.9 Å². The monoisotopic (exact) mass is 583 g/mol. The Balaban J connectivity index is 1.64. The quantitative estimate of drug-likeness (QED) is 0.428. The molecule has 16 heteroatoms. The zero-order chi connectivity index (χ0) is 29.7. The molecule has 1 N–H and O–H groups in total. The van der Waals surface area contributed by atoms with Crippen LogP contribution in [0.25, 0.3) is 0 Å². The first kappa shape index (κ1) is 29.2. The molecule has 0 aliphatic carbocycles. The number of carbonyl (C=O) groups excluding carboxylic acids is 3. The number of esters is 1. The minimum Gasteiger partial charge on any atom is -0.437 e. The molecule has 0 radical (unpaired) electrons. The molecule has 2 aromatic rings. The van der Waals surface area contributed by atoms with Gasteiger partial charge in [0.15, 0.2) is 11.8 Å². The number of benzene rings is 2. The fraction of sp³-hybridized carbons (Fsp3) is 0.375. The van der Waals surface area contributed by atoms with E-state index in [1.54, 1.807) is 0 Å². The third-order valence-electron chi connectivity index (χ3n) is 6.49. The summed E-state index contributed by atoms with van der Waals surface area (Å²) in [5.41, 5.74) is -3.92. The van der Waals surface area contributed by atoms with Gasteiger partial charge in [-0.05, 0) is 35.4 Å². The summed E-state index contributed by atoms with van der Waals surface area (Å²) in [6.07, 6.45) is -16.7. The van der Waals surface area contributed by atoms with E-state index < -0.39 is 85.4 Å². The average molecular weight is 583 g/mol. The maximum atomic E-state index is 13.6. The molecule has 2 atom stereocenters. The standard InChI is InChI=1S/C24H18F9N3O4/c25-22(26,27)15-5-1-13(2-6-15)9-35-11-17(37)36(10-14-3-7-16(8-4-14)23(28,29)30)21(19(35)38)12-34-18(21)40-20(39)24(31,32)33/h1-8,18,34H,9-12H2. The molecule has 40 heavy (non-hydrogen) atoms. The van der Waals surface area contributed by atoms with Crippen molar-refractivity contribution in [2.24, 2.45) is 0 Å². The molecule has 4 rings (SSSR count). The normalized spacial score (nSPS) is 22.0. The van der Waals surface area contributed by atoms with Crippen molar-refractivity contribution in [2.45, 2.75) is 43.4 Å². The summed E-state index contributed by atoms with van der Waals surface area (Å²) in [5.74, 6) is -4.47. The number of rotatable bonds is 5. The van der Waals surface area contributed by atoms with E-state index in [-0.39, 0.29) is 11.1 Å². The summed E-state index contributed by atoms with van der Waals surface area (Å²) < 4.78 is 121. The molecule has 2 aromatic carbocycles. The van der Waals surface area contributed by atoms with Gasteiger partial charge in [-0.2, -0.15) is 39.5 Å². The summed E-state index contributed by atoms with van der Waals surface area (Å²) in [4.78, 5) is 40.1. The molecule has 7 nitrogen and oxygen atoms in total. The van der Waals surface area contributed by atoms with Crippen molar-refractivity contribution in [3.63, 3.8) is 0 Å². The van der Waals surface area contributed by atoms with Crippen molar-refractivity contribution in [2.75, 3.05) is 13.1 Å². The van der Waals surface area contributed by atoms with Crippen LogP contribution >= 0.6 is 0 Å². The molecule has 0 aromatic heterocycles. The average Bonchev–Trinajstić information content (AvgIpc) is 2.84. The third-order valence-corrected chi connectivity index (χ3v) is 6.49. The predicted molar refractivity (Wildman–Crippen MR) is 116 cm³/mol. The first-order valence-corrected chi connectivity index (χ1v) is 11.4. The first-order valence-electron chi connectivity index (χ1n) is 11.4. The van der Waals surface area contributed by atoms with Crippen molar-refractivity contribution in [1.82, 2.24) is 15.1 Å². The summed E-state index contributed by atoms with van der Waals surface area (Å²) in [7, 11) is 0. The number of nitrogens with one attached hydrogen (secondary N) is 1. The van der Waals surface area contributed by atoms with Crippen LogP contribution in [0.5, 0.6) is 0 Å². The van der Waals surface area contributed by atoms with Gasteiger partial charge in [0.05, 0.1) is 11.1 Å². The Morgan fingerprint density at radius 3 is 1.70 bits per heavy atom. The number of hydrogen-bond donors (Lipinski definition) is 1. The largest absolute Gasteiger partial charge is 0.490 e. The van der Waals surface area contributed by atoms with Gasteiger partial charge in [0.1, 0.15) is 6.54 Å². The lowest BCUT2D eigenvalue weighted by Gasteiger charge is -2.57. The van der Waals surface area contributed by atoms with Gasteiger partial charge in [0.2, 0.25) is 5.91 Å². The van der Waals surface area contributed by atoms with Crippen molar-refractivity contribution in [3.05, 3.63) is 70.8 Å². The van der Waals surface area contributed by atoms with Crippen LogP contribution in [0.4, 0.5) is 39.5 Å². The van der Waals surface area contributed by atoms with Gasteiger partial charge in [0.25, 0.3) is 5.91 Å². The lowest BCUT2D eigenvalue weighted by molar-refractivity contribution is -0.228. The maximum absolute atomic E-state index is 13.6.